The van der Waals surface area contributed by atoms with Gasteiger partial charge in [0, 0.05) is 28.2 Å². The number of hydrogen-bond donors (Lipinski definition) is 0. The number of nitrogens with zero attached hydrogens (tertiary/aromatic N) is 1. The molecule has 28 heavy (non-hydrogen) atoms. The topological polar surface area (TPSA) is 29.4 Å². The molecular formula is C26H39NO. The van der Waals surface area contributed by atoms with Crippen LogP contribution in [-0.2, 0) is 6.42 Å². The molecule has 2 nitrogen and oxygen atoms in total. The van der Waals surface area contributed by atoms with Gasteiger partial charge in [0.05, 0.1) is 5.70 Å². The molecular weight excluding hydrogens is 342 g/mol. The summed E-state index contributed by atoms with van der Waals surface area (Å²) < 4.78 is 0. The summed E-state index contributed by atoms with van der Waals surface area (Å²) in [4.78, 5) is 17.8. The number of allylic oxidation sites excluding steroid dienone is 1. The highest BCUT2D eigenvalue weighted by Gasteiger charge is 2.34. The van der Waals surface area contributed by atoms with E-state index in [0.717, 1.165) is 28.8 Å². The molecule has 0 radical (unpaired) electrons. The predicted octanol–water partition coefficient (Wildman–Crippen LogP) is 7.52. The minimum atomic E-state index is 0.0224. The smallest absolute Gasteiger partial charge is 0.165 e. The quantitative estimate of drug-likeness (QED) is 0.355. The number of Topliss-reactive ketones (excluding diaryl/α,β-unsaturated/α-hetero) is 1. The second-order valence-electron chi connectivity index (χ2n) is 9.19. The molecule has 0 bridgehead atoms. The lowest BCUT2D eigenvalue weighted by Gasteiger charge is -2.37. The number of ketones is 1. The van der Waals surface area contributed by atoms with Gasteiger partial charge in [0.2, 0.25) is 0 Å². The number of aliphatic imine (C=N–C) groups is 1. The van der Waals surface area contributed by atoms with Gasteiger partial charge in [0.25, 0.3) is 0 Å². The molecule has 0 atom stereocenters. The van der Waals surface area contributed by atoms with Crippen LogP contribution in [0.15, 0.2) is 29.3 Å². The summed E-state index contributed by atoms with van der Waals surface area (Å²) in [7, 11) is 0. The maximum Gasteiger partial charge on any atom is 0.165 e. The van der Waals surface area contributed by atoms with E-state index in [4.69, 9.17) is 4.99 Å². The molecule has 154 valence electrons. The molecule has 0 spiro atoms. The Balaban J connectivity index is 2.46. The second kappa shape index (κ2) is 9.67. The van der Waals surface area contributed by atoms with Crippen LogP contribution in [-0.4, -0.2) is 11.5 Å². The molecule has 2 rings (SSSR count). The highest BCUT2D eigenvalue weighted by Crippen LogP contribution is 2.40. The number of rotatable bonds is 7. The monoisotopic (exact) mass is 381 g/mol. The molecule has 1 aliphatic rings. The lowest BCUT2D eigenvalue weighted by molar-refractivity contribution is 0.0938. The Labute approximate surface area is 172 Å². The third-order valence-corrected chi connectivity index (χ3v) is 6.21. The van der Waals surface area contributed by atoms with Crippen molar-refractivity contribution in [1.82, 2.24) is 0 Å². The van der Waals surface area contributed by atoms with Gasteiger partial charge in [-0.1, -0.05) is 79.0 Å². The van der Waals surface area contributed by atoms with Crippen molar-refractivity contribution >= 4 is 17.2 Å². The van der Waals surface area contributed by atoms with E-state index in [1.54, 1.807) is 0 Å². The Morgan fingerprint density at radius 1 is 1.11 bits per heavy atom. The fourth-order valence-electron chi connectivity index (χ4n) is 4.57. The number of carbonyl (C=O) groups is 1. The van der Waals surface area contributed by atoms with Crippen molar-refractivity contribution in [2.45, 2.75) is 87.0 Å². The van der Waals surface area contributed by atoms with Crippen molar-refractivity contribution < 1.29 is 4.79 Å². The standard InChI is InChI=1S/C26H39NO/c1-8-20-17-21(13-14-22(20)24(28)18(3)4)23(9-2)27-25(19(5)6)26(7)15-11-10-12-16-26/h9,13-14,17-19H,8,10-12,15-16H2,1-7H3/b23-9-,27-25+. The Bertz CT molecular complexity index is 746. The van der Waals surface area contributed by atoms with Crippen LogP contribution in [0, 0.1) is 17.3 Å². The largest absolute Gasteiger partial charge is 0.294 e. The molecule has 0 heterocycles. The first kappa shape index (κ1) is 22.6. The average Bonchev–Trinajstić information content (AvgIpc) is 2.67. The SMILES string of the molecule is C/C=C(\N=C(/C(C)C)C1(C)CCCCC1)c1ccc(C(=O)C(C)C)c(CC)c1. The molecule has 1 aromatic carbocycles. The Morgan fingerprint density at radius 2 is 1.75 bits per heavy atom. The second-order valence-corrected chi connectivity index (χ2v) is 9.19. The molecule has 1 fully saturated rings. The summed E-state index contributed by atoms with van der Waals surface area (Å²) in [5.74, 6) is 0.686. The predicted molar refractivity (Wildman–Crippen MR) is 122 cm³/mol. The average molecular weight is 382 g/mol. The fourth-order valence-corrected chi connectivity index (χ4v) is 4.57. The maximum absolute atomic E-state index is 12.5. The first-order valence-corrected chi connectivity index (χ1v) is 11.2. The van der Waals surface area contributed by atoms with Crippen molar-refractivity contribution in [2.75, 3.05) is 0 Å². The zero-order valence-electron chi connectivity index (χ0n) is 19.1. The molecule has 0 aromatic heterocycles. The van der Waals surface area contributed by atoms with E-state index >= 15 is 0 Å². The first-order valence-electron chi connectivity index (χ1n) is 11.2. The lowest BCUT2D eigenvalue weighted by atomic mass is 9.69. The number of aryl methyl sites for hydroxylation is 1. The Morgan fingerprint density at radius 3 is 2.25 bits per heavy atom. The molecule has 0 aliphatic heterocycles. The third kappa shape index (κ3) is 5.01. The summed E-state index contributed by atoms with van der Waals surface area (Å²) in [5.41, 5.74) is 5.69. The van der Waals surface area contributed by atoms with Gasteiger partial charge in [0.1, 0.15) is 0 Å². The molecule has 0 N–H and O–H groups in total. The van der Waals surface area contributed by atoms with Crippen LogP contribution in [0.1, 0.15) is 102 Å². The van der Waals surface area contributed by atoms with Crippen molar-refractivity contribution in [3.05, 3.63) is 41.0 Å². The van der Waals surface area contributed by atoms with Crippen molar-refractivity contribution in [3.63, 3.8) is 0 Å². The van der Waals surface area contributed by atoms with E-state index in [9.17, 15) is 4.79 Å². The molecule has 0 saturated heterocycles. The Kier molecular flexibility index (Phi) is 7.80. The van der Waals surface area contributed by atoms with E-state index in [1.165, 1.54) is 37.8 Å². The summed E-state index contributed by atoms with van der Waals surface area (Å²) >= 11 is 0. The third-order valence-electron chi connectivity index (χ3n) is 6.21. The minimum Gasteiger partial charge on any atom is -0.294 e. The molecule has 0 unspecified atom stereocenters. The lowest BCUT2D eigenvalue weighted by Crippen LogP contribution is -2.33. The number of benzene rings is 1. The van der Waals surface area contributed by atoms with E-state index in [-0.39, 0.29) is 17.1 Å². The van der Waals surface area contributed by atoms with E-state index in [2.05, 4.69) is 52.8 Å². The molecule has 1 aromatic rings. The summed E-state index contributed by atoms with van der Waals surface area (Å²) in [6.07, 6.45) is 9.41. The van der Waals surface area contributed by atoms with Gasteiger partial charge in [0.15, 0.2) is 5.78 Å². The molecule has 1 aliphatic carbocycles. The first-order chi connectivity index (χ1) is 13.2. The van der Waals surface area contributed by atoms with Crippen LogP contribution in [0.5, 0.6) is 0 Å². The van der Waals surface area contributed by atoms with Crippen molar-refractivity contribution in [3.8, 4) is 0 Å². The van der Waals surface area contributed by atoms with Gasteiger partial charge in [-0.15, -0.1) is 0 Å². The summed E-state index contributed by atoms with van der Waals surface area (Å²) in [6.45, 7) is 15.1. The van der Waals surface area contributed by atoms with Gasteiger partial charge in [-0.3, -0.25) is 9.79 Å². The van der Waals surface area contributed by atoms with Gasteiger partial charge in [-0.25, -0.2) is 0 Å². The zero-order valence-corrected chi connectivity index (χ0v) is 19.1. The van der Waals surface area contributed by atoms with Gasteiger partial charge < -0.3 is 0 Å². The molecule has 2 heteroatoms. The van der Waals surface area contributed by atoms with Crippen LogP contribution >= 0.6 is 0 Å². The van der Waals surface area contributed by atoms with Crippen molar-refractivity contribution in [2.24, 2.45) is 22.2 Å². The van der Waals surface area contributed by atoms with Gasteiger partial charge in [-0.05, 0) is 43.7 Å². The molecule has 1 saturated carbocycles. The molecule has 0 amide bonds. The highest BCUT2D eigenvalue weighted by atomic mass is 16.1. The Hall–Kier alpha value is -1.70. The summed E-state index contributed by atoms with van der Waals surface area (Å²) in [5, 5.41) is 0. The van der Waals surface area contributed by atoms with Crippen LogP contribution in [0.2, 0.25) is 0 Å². The van der Waals surface area contributed by atoms with Crippen LogP contribution in [0.4, 0.5) is 0 Å². The van der Waals surface area contributed by atoms with E-state index < -0.39 is 0 Å². The minimum absolute atomic E-state index is 0.0224. The number of hydrogen-bond acceptors (Lipinski definition) is 2. The van der Waals surface area contributed by atoms with E-state index in [0.29, 0.717) is 5.92 Å². The normalized spacial score (nSPS) is 18.0. The fraction of sp³-hybridized carbons (Fsp3) is 0.615. The van der Waals surface area contributed by atoms with Crippen LogP contribution < -0.4 is 0 Å². The van der Waals surface area contributed by atoms with Crippen LogP contribution in [0.25, 0.3) is 5.70 Å². The van der Waals surface area contributed by atoms with E-state index in [1.807, 2.05) is 19.9 Å². The zero-order chi connectivity index (χ0) is 20.9. The van der Waals surface area contributed by atoms with Gasteiger partial charge in [-0.2, -0.15) is 0 Å². The summed E-state index contributed by atoms with van der Waals surface area (Å²) in [6, 6.07) is 6.26. The van der Waals surface area contributed by atoms with Crippen LogP contribution in [0.3, 0.4) is 0 Å². The highest BCUT2D eigenvalue weighted by molar-refractivity contribution is 5.99. The maximum atomic E-state index is 12.5. The number of carbonyl (C=O) groups excluding carboxylic acids is 1. The van der Waals surface area contributed by atoms with Gasteiger partial charge >= 0.3 is 0 Å². The van der Waals surface area contributed by atoms with Crippen molar-refractivity contribution in [1.29, 1.82) is 0 Å².